The molecule has 1 aromatic rings. The van der Waals surface area contributed by atoms with Gasteiger partial charge in [0.25, 0.3) is 0 Å². The van der Waals surface area contributed by atoms with Crippen LogP contribution >= 0.6 is 0 Å². The third-order valence-electron chi connectivity index (χ3n) is 7.14. The standard InChI is InChI=1S/C26H37N/c1-2-3-21-4-6-22(7-5-21)8-9-23-10-12-24(13-11-23)14-15-25-16-18-26(20-27)19-17-25/h14-19,21-24H,2-13H2,1H3/t21-,22-,23-,24-. The van der Waals surface area contributed by atoms with Gasteiger partial charge < -0.3 is 0 Å². The van der Waals surface area contributed by atoms with E-state index >= 15 is 0 Å². The van der Waals surface area contributed by atoms with Crippen molar-refractivity contribution in [2.75, 3.05) is 0 Å². The van der Waals surface area contributed by atoms with Crippen LogP contribution in [0.25, 0.3) is 6.08 Å². The minimum atomic E-state index is 0.742. The van der Waals surface area contributed by atoms with Crippen LogP contribution in [0.4, 0.5) is 0 Å². The lowest BCUT2D eigenvalue weighted by Crippen LogP contribution is -2.17. The first kappa shape index (κ1) is 20.2. The molecule has 146 valence electrons. The van der Waals surface area contributed by atoms with E-state index in [4.69, 9.17) is 5.26 Å². The van der Waals surface area contributed by atoms with E-state index in [0.717, 1.165) is 29.2 Å². The zero-order valence-electron chi connectivity index (χ0n) is 17.2. The van der Waals surface area contributed by atoms with Gasteiger partial charge in [0, 0.05) is 0 Å². The Morgan fingerprint density at radius 2 is 1.33 bits per heavy atom. The average molecular weight is 364 g/mol. The number of nitriles is 1. The van der Waals surface area contributed by atoms with Gasteiger partial charge in [-0.05, 0) is 67.1 Å². The molecule has 0 radical (unpaired) electrons. The van der Waals surface area contributed by atoms with Crippen molar-refractivity contribution in [1.29, 1.82) is 5.26 Å². The van der Waals surface area contributed by atoms with Crippen LogP contribution in [0.3, 0.4) is 0 Å². The highest BCUT2D eigenvalue weighted by atomic mass is 14.3. The molecule has 1 aromatic carbocycles. The molecule has 0 atom stereocenters. The second-order valence-corrected chi connectivity index (χ2v) is 9.13. The molecular weight excluding hydrogens is 326 g/mol. The Balaban J connectivity index is 1.33. The number of allylic oxidation sites excluding steroid dienone is 1. The van der Waals surface area contributed by atoms with Crippen LogP contribution in [-0.2, 0) is 0 Å². The zero-order valence-corrected chi connectivity index (χ0v) is 17.2. The van der Waals surface area contributed by atoms with Gasteiger partial charge in [-0.3, -0.25) is 0 Å². The second kappa shape index (κ2) is 10.7. The summed E-state index contributed by atoms with van der Waals surface area (Å²) in [4.78, 5) is 0. The third kappa shape index (κ3) is 6.53. The topological polar surface area (TPSA) is 23.8 Å². The maximum Gasteiger partial charge on any atom is 0.0991 e. The van der Waals surface area contributed by atoms with Gasteiger partial charge in [0.1, 0.15) is 0 Å². The summed E-state index contributed by atoms with van der Waals surface area (Å²) in [7, 11) is 0. The molecule has 2 aliphatic rings. The fourth-order valence-corrected chi connectivity index (χ4v) is 5.27. The Bertz CT molecular complexity index is 605. The quantitative estimate of drug-likeness (QED) is 0.485. The maximum atomic E-state index is 8.88. The van der Waals surface area contributed by atoms with Crippen molar-refractivity contribution in [3.63, 3.8) is 0 Å². The van der Waals surface area contributed by atoms with Crippen LogP contribution in [0, 0.1) is 35.0 Å². The molecule has 0 aliphatic heterocycles. The summed E-state index contributed by atoms with van der Waals surface area (Å²) >= 11 is 0. The molecule has 0 bridgehead atoms. The van der Waals surface area contributed by atoms with E-state index in [-0.39, 0.29) is 0 Å². The van der Waals surface area contributed by atoms with E-state index in [0.29, 0.717) is 0 Å². The number of hydrogen-bond acceptors (Lipinski definition) is 1. The van der Waals surface area contributed by atoms with Crippen molar-refractivity contribution in [3.8, 4) is 6.07 Å². The van der Waals surface area contributed by atoms with Gasteiger partial charge in [-0.25, -0.2) is 0 Å². The van der Waals surface area contributed by atoms with Gasteiger partial charge in [-0.2, -0.15) is 5.26 Å². The lowest BCUT2D eigenvalue weighted by atomic mass is 9.75. The molecule has 0 spiro atoms. The smallest absolute Gasteiger partial charge is 0.0991 e. The van der Waals surface area contributed by atoms with Gasteiger partial charge in [-0.15, -0.1) is 0 Å². The monoisotopic (exact) mass is 363 g/mol. The summed E-state index contributed by atoms with van der Waals surface area (Å²) in [5.41, 5.74) is 1.96. The molecule has 0 N–H and O–H groups in total. The van der Waals surface area contributed by atoms with Gasteiger partial charge in [-0.1, -0.05) is 82.6 Å². The zero-order chi connectivity index (χ0) is 18.9. The van der Waals surface area contributed by atoms with Gasteiger partial charge in [0.15, 0.2) is 0 Å². The van der Waals surface area contributed by atoms with E-state index in [1.165, 1.54) is 82.6 Å². The highest BCUT2D eigenvalue weighted by Crippen LogP contribution is 2.37. The van der Waals surface area contributed by atoms with Crippen molar-refractivity contribution in [1.82, 2.24) is 0 Å². The number of benzene rings is 1. The highest BCUT2D eigenvalue weighted by molar-refractivity contribution is 5.51. The first-order valence-electron chi connectivity index (χ1n) is 11.4. The van der Waals surface area contributed by atoms with Crippen LogP contribution in [0.1, 0.15) is 95.1 Å². The summed E-state index contributed by atoms with van der Waals surface area (Å²) < 4.78 is 0. The Hall–Kier alpha value is -1.55. The SMILES string of the molecule is CCC[C@H]1CC[C@H](CC[C@H]2CC[C@H](C=Cc3ccc(C#N)cc3)CC2)CC1. The van der Waals surface area contributed by atoms with Crippen molar-refractivity contribution < 1.29 is 0 Å². The van der Waals surface area contributed by atoms with Gasteiger partial charge in [0.05, 0.1) is 11.6 Å². The molecular formula is C26H37N. The molecule has 27 heavy (non-hydrogen) atoms. The number of nitrogens with zero attached hydrogens (tertiary/aromatic N) is 1. The minimum Gasteiger partial charge on any atom is -0.192 e. The predicted molar refractivity (Wildman–Crippen MR) is 115 cm³/mol. The number of rotatable bonds is 7. The average Bonchev–Trinajstić information content (AvgIpc) is 2.73. The second-order valence-electron chi connectivity index (χ2n) is 9.13. The van der Waals surface area contributed by atoms with E-state index in [1.807, 2.05) is 12.1 Å². The largest absolute Gasteiger partial charge is 0.192 e. The molecule has 2 fully saturated rings. The number of hydrogen-bond donors (Lipinski definition) is 0. The van der Waals surface area contributed by atoms with E-state index in [9.17, 15) is 0 Å². The Kier molecular flexibility index (Phi) is 8.00. The first-order chi connectivity index (χ1) is 13.3. The molecule has 1 nitrogen and oxygen atoms in total. The maximum absolute atomic E-state index is 8.88. The summed E-state index contributed by atoms with van der Waals surface area (Å²) in [5, 5.41) is 8.88. The Morgan fingerprint density at radius 3 is 1.85 bits per heavy atom. The summed E-state index contributed by atoms with van der Waals surface area (Å²) in [5.74, 6) is 3.82. The molecule has 1 heteroatoms. The first-order valence-corrected chi connectivity index (χ1v) is 11.4. The predicted octanol–water partition coefficient (Wildman–Crippen LogP) is 7.76. The molecule has 0 saturated heterocycles. The minimum absolute atomic E-state index is 0.742. The lowest BCUT2D eigenvalue weighted by molar-refractivity contribution is 0.221. The van der Waals surface area contributed by atoms with Gasteiger partial charge >= 0.3 is 0 Å². The van der Waals surface area contributed by atoms with Crippen LogP contribution in [0.15, 0.2) is 30.3 Å². The van der Waals surface area contributed by atoms with Crippen LogP contribution < -0.4 is 0 Å². The summed E-state index contributed by atoms with van der Waals surface area (Å²) in [6.45, 7) is 2.34. The molecule has 0 amide bonds. The van der Waals surface area contributed by atoms with E-state index in [2.05, 4.69) is 37.3 Å². The highest BCUT2D eigenvalue weighted by Gasteiger charge is 2.23. The van der Waals surface area contributed by atoms with Crippen molar-refractivity contribution in [2.45, 2.75) is 84.0 Å². The normalized spacial score (nSPS) is 28.9. The molecule has 0 unspecified atom stereocenters. The van der Waals surface area contributed by atoms with Gasteiger partial charge in [0.2, 0.25) is 0 Å². The van der Waals surface area contributed by atoms with Crippen molar-refractivity contribution in [3.05, 3.63) is 41.5 Å². The fraction of sp³-hybridized carbons (Fsp3) is 0.654. The Labute approximate surface area is 166 Å². The molecule has 0 aromatic heterocycles. The molecule has 0 heterocycles. The van der Waals surface area contributed by atoms with Crippen LogP contribution in [0.2, 0.25) is 0 Å². The lowest BCUT2D eigenvalue weighted by Gasteiger charge is -2.31. The summed E-state index contributed by atoms with van der Waals surface area (Å²) in [6.07, 6.45) is 22.1. The van der Waals surface area contributed by atoms with E-state index < -0.39 is 0 Å². The molecule has 2 aliphatic carbocycles. The molecule has 3 rings (SSSR count). The van der Waals surface area contributed by atoms with Crippen LogP contribution in [-0.4, -0.2) is 0 Å². The van der Waals surface area contributed by atoms with E-state index in [1.54, 1.807) is 0 Å². The van der Waals surface area contributed by atoms with Crippen LogP contribution in [0.5, 0.6) is 0 Å². The van der Waals surface area contributed by atoms with Crippen molar-refractivity contribution >= 4 is 6.08 Å². The van der Waals surface area contributed by atoms with Crippen molar-refractivity contribution in [2.24, 2.45) is 23.7 Å². The third-order valence-corrected chi connectivity index (χ3v) is 7.14. The molecule has 2 saturated carbocycles. The summed E-state index contributed by atoms with van der Waals surface area (Å²) in [6, 6.07) is 10.1. The fourth-order valence-electron chi connectivity index (χ4n) is 5.27. The Morgan fingerprint density at radius 1 is 0.815 bits per heavy atom.